The van der Waals surface area contributed by atoms with Crippen molar-refractivity contribution in [2.45, 2.75) is 12.8 Å². The fraction of sp³-hybridized carbons (Fsp3) is 0.143. The van der Waals surface area contributed by atoms with Crippen LogP contribution in [0, 0.1) is 0 Å². The summed E-state index contributed by atoms with van der Waals surface area (Å²) in [5.41, 5.74) is 5.44. The van der Waals surface area contributed by atoms with Crippen molar-refractivity contribution in [3.63, 3.8) is 0 Å². The SMILES string of the molecule is Cn1nnnc1-c1cccc(NC(=O)c2cc3c(s2)-c2ccccc2CC3)c1. The lowest BCUT2D eigenvalue weighted by Crippen LogP contribution is -2.10. The van der Waals surface area contributed by atoms with Crippen molar-refractivity contribution in [1.82, 2.24) is 20.2 Å². The van der Waals surface area contributed by atoms with E-state index in [0.717, 1.165) is 29.0 Å². The van der Waals surface area contributed by atoms with Crippen LogP contribution in [-0.4, -0.2) is 26.1 Å². The van der Waals surface area contributed by atoms with Crippen molar-refractivity contribution >= 4 is 22.9 Å². The molecular formula is C21H17N5OS. The molecule has 0 saturated carbocycles. The first-order valence-electron chi connectivity index (χ1n) is 9.04. The standard InChI is InChI=1S/C21H17N5OS/c1-26-20(23-24-25-26)15-6-4-7-16(11-15)22-21(27)18-12-14-10-9-13-5-2-3-8-17(13)19(14)28-18/h2-8,11-12H,9-10H2,1H3,(H,22,27). The average molecular weight is 387 g/mol. The summed E-state index contributed by atoms with van der Waals surface area (Å²) in [7, 11) is 1.79. The molecule has 138 valence electrons. The monoisotopic (exact) mass is 387 g/mol. The molecule has 1 amide bonds. The van der Waals surface area contributed by atoms with Gasteiger partial charge in [-0.1, -0.05) is 36.4 Å². The van der Waals surface area contributed by atoms with Gasteiger partial charge in [0.2, 0.25) is 0 Å². The van der Waals surface area contributed by atoms with Gasteiger partial charge in [-0.15, -0.1) is 16.4 Å². The predicted molar refractivity (Wildman–Crippen MR) is 109 cm³/mol. The van der Waals surface area contributed by atoms with Crippen LogP contribution < -0.4 is 5.32 Å². The molecule has 1 aliphatic carbocycles. The third-order valence-electron chi connectivity index (χ3n) is 4.96. The second kappa shape index (κ2) is 6.69. The third-order valence-corrected chi connectivity index (χ3v) is 6.17. The van der Waals surface area contributed by atoms with E-state index in [1.54, 1.807) is 23.1 Å². The number of anilines is 1. The molecule has 2 aromatic heterocycles. The van der Waals surface area contributed by atoms with E-state index in [4.69, 9.17) is 0 Å². The number of rotatable bonds is 3. The van der Waals surface area contributed by atoms with Gasteiger partial charge in [0.25, 0.3) is 5.91 Å². The van der Waals surface area contributed by atoms with Gasteiger partial charge in [-0.3, -0.25) is 4.79 Å². The number of nitrogens with zero attached hydrogens (tertiary/aromatic N) is 4. The van der Waals surface area contributed by atoms with Gasteiger partial charge in [-0.05, 0) is 58.2 Å². The number of tetrazole rings is 1. The molecule has 0 spiro atoms. The zero-order chi connectivity index (χ0) is 19.1. The number of carbonyl (C=O) groups is 1. The summed E-state index contributed by atoms with van der Waals surface area (Å²) in [6, 6.07) is 18.0. The number of hydrogen-bond acceptors (Lipinski definition) is 5. The van der Waals surface area contributed by atoms with Crippen LogP contribution in [0.15, 0.2) is 54.6 Å². The van der Waals surface area contributed by atoms with Gasteiger partial charge in [-0.25, -0.2) is 4.68 Å². The fourth-order valence-corrected chi connectivity index (χ4v) is 4.75. The third kappa shape index (κ3) is 2.90. The first-order chi connectivity index (χ1) is 13.7. The van der Waals surface area contributed by atoms with Crippen LogP contribution in [0.4, 0.5) is 5.69 Å². The van der Waals surface area contributed by atoms with Crippen LogP contribution >= 0.6 is 11.3 Å². The topological polar surface area (TPSA) is 72.7 Å². The van der Waals surface area contributed by atoms with Crippen LogP contribution in [0.25, 0.3) is 21.8 Å². The van der Waals surface area contributed by atoms with E-state index in [9.17, 15) is 4.79 Å². The Hall–Kier alpha value is -3.32. The minimum atomic E-state index is -0.0925. The number of nitrogens with one attached hydrogen (secondary N) is 1. The predicted octanol–water partition coefficient (Wildman–Crippen LogP) is 3.96. The highest BCUT2D eigenvalue weighted by molar-refractivity contribution is 7.17. The highest BCUT2D eigenvalue weighted by atomic mass is 32.1. The van der Waals surface area contributed by atoms with Gasteiger partial charge in [0.15, 0.2) is 5.82 Å². The molecule has 2 aromatic carbocycles. The van der Waals surface area contributed by atoms with E-state index >= 15 is 0 Å². The first kappa shape index (κ1) is 16.8. The molecule has 0 bridgehead atoms. The quantitative estimate of drug-likeness (QED) is 0.578. The molecule has 0 atom stereocenters. The van der Waals surface area contributed by atoms with E-state index < -0.39 is 0 Å². The fourth-order valence-electron chi connectivity index (χ4n) is 3.59. The molecule has 1 aliphatic rings. The van der Waals surface area contributed by atoms with Crippen LogP contribution in [0.3, 0.4) is 0 Å². The Morgan fingerprint density at radius 3 is 2.79 bits per heavy atom. The van der Waals surface area contributed by atoms with Crippen molar-refractivity contribution in [2.75, 3.05) is 5.32 Å². The Kier molecular flexibility index (Phi) is 4.02. The first-order valence-corrected chi connectivity index (χ1v) is 9.86. The Morgan fingerprint density at radius 2 is 1.93 bits per heavy atom. The Morgan fingerprint density at radius 1 is 1.07 bits per heavy atom. The van der Waals surface area contributed by atoms with Crippen LogP contribution in [0.1, 0.15) is 20.8 Å². The normalized spacial score (nSPS) is 12.3. The van der Waals surface area contributed by atoms with Crippen molar-refractivity contribution in [1.29, 1.82) is 0 Å². The summed E-state index contributed by atoms with van der Waals surface area (Å²) >= 11 is 1.56. The Balaban J connectivity index is 1.42. The number of fused-ring (bicyclic) bond motifs is 3. The summed E-state index contributed by atoms with van der Waals surface area (Å²) in [6.07, 6.45) is 2.00. The lowest BCUT2D eigenvalue weighted by atomic mass is 9.91. The van der Waals surface area contributed by atoms with E-state index in [0.29, 0.717) is 5.82 Å². The summed E-state index contributed by atoms with van der Waals surface area (Å²) in [6.45, 7) is 0. The second-order valence-electron chi connectivity index (χ2n) is 6.78. The summed E-state index contributed by atoms with van der Waals surface area (Å²) < 4.78 is 1.60. The smallest absolute Gasteiger partial charge is 0.265 e. The summed E-state index contributed by atoms with van der Waals surface area (Å²) in [4.78, 5) is 14.8. The van der Waals surface area contributed by atoms with E-state index in [1.807, 2.05) is 30.3 Å². The number of aryl methyl sites for hydroxylation is 3. The van der Waals surface area contributed by atoms with Crippen molar-refractivity contribution in [2.24, 2.45) is 7.05 Å². The molecule has 1 N–H and O–H groups in total. The minimum Gasteiger partial charge on any atom is -0.321 e. The highest BCUT2D eigenvalue weighted by Gasteiger charge is 2.21. The zero-order valence-electron chi connectivity index (χ0n) is 15.2. The maximum Gasteiger partial charge on any atom is 0.265 e. The lowest BCUT2D eigenvalue weighted by Gasteiger charge is -2.15. The van der Waals surface area contributed by atoms with E-state index in [1.165, 1.54) is 21.6 Å². The van der Waals surface area contributed by atoms with Gasteiger partial charge in [-0.2, -0.15) is 0 Å². The second-order valence-corrected chi connectivity index (χ2v) is 7.84. The van der Waals surface area contributed by atoms with Crippen molar-refractivity contribution < 1.29 is 4.79 Å². The molecule has 2 heterocycles. The average Bonchev–Trinajstić information content (AvgIpc) is 3.34. The molecule has 4 aromatic rings. The van der Waals surface area contributed by atoms with E-state index in [-0.39, 0.29) is 5.91 Å². The van der Waals surface area contributed by atoms with Crippen LogP contribution in [-0.2, 0) is 19.9 Å². The number of thiophene rings is 1. The Labute approximate surface area is 165 Å². The van der Waals surface area contributed by atoms with Gasteiger partial charge in [0.1, 0.15) is 0 Å². The van der Waals surface area contributed by atoms with Crippen LogP contribution in [0.5, 0.6) is 0 Å². The maximum absolute atomic E-state index is 12.9. The molecule has 7 heteroatoms. The molecule has 5 rings (SSSR count). The van der Waals surface area contributed by atoms with Crippen molar-refractivity contribution in [3.8, 4) is 21.8 Å². The number of hydrogen-bond donors (Lipinski definition) is 1. The summed E-state index contributed by atoms with van der Waals surface area (Å²) in [5.74, 6) is 0.560. The number of amides is 1. The highest BCUT2D eigenvalue weighted by Crippen LogP contribution is 2.39. The molecule has 28 heavy (non-hydrogen) atoms. The lowest BCUT2D eigenvalue weighted by molar-refractivity contribution is 0.103. The maximum atomic E-state index is 12.9. The van der Waals surface area contributed by atoms with Gasteiger partial charge in [0.05, 0.1) is 4.88 Å². The van der Waals surface area contributed by atoms with Gasteiger partial charge >= 0.3 is 0 Å². The molecule has 0 aliphatic heterocycles. The summed E-state index contributed by atoms with van der Waals surface area (Å²) in [5, 5.41) is 14.6. The van der Waals surface area contributed by atoms with Gasteiger partial charge in [0, 0.05) is 23.2 Å². The number of aromatic nitrogens is 4. The molecular weight excluding hydrogens is 370 g/mol. The van der Waals surface area contributed by atoms with E-state index in [2.05, 4.69) is 45.1 Å². The number of carbonyl (C=O) groups excluding carboxylic acids is 1. The Bertz CT molecular complexity index is 1190. The molecule has 0 fully saturated rings. The molecule has 0 saturated heterocycles. The van der Waals surface area contributed by atoms with Crippen LogP contribution in [0.2, 0.25) is 0 Å². The van der Waals surface area contributed by atoms with Crippen molar-refractivity contribution in [3.05, 3.63) is 70.6 Å². The molecule has 6 nitrogen and oxygen atoms in total. The largest absolute Gasteiger partial charge is 0.321 e. The zero-order valence-corrected chi connectivity index (χ0v) is 16.0. The molecule has 0 unspecified atom stereocenters. The van der Waals surface area contributed by atoms with Gasteiger partial charge < -0.3 is 5.32 Å². The molecule has 0 radical (unpaired) electrons. The number of benzene rings is 2. The minimum absolute atomic E-state index is 0.0925.